The summed E-state index contributed by atoms with van der Waals surface area (Å²) in [6.45, 7) is 7.42. The molecule has 1 aromatic heterocycles. The molecule has 106 valence electrons. The molecule has 3 N–H and O–H groups in total. The van der Waals surface area contributed by atoms with Gasteiger partial charge < -0.3 is 10.3 Å². The van der Waals surface area contributed by atoms with Gasteiger partial charge in [0.2, 0.25) is 0 Å². The maximum Gasteiger partial charge on any atom is 0.148 e. The van der Waals surface area contributed by atoms with Crippen molar-refractivity contribution in [3.8, 4) is 0 Å². The second kappa shape index (κ2) is 6.19. The van der Waals surface area contributed by atoms with E-state index < -0.39 is 0 Å². The van der Waals surface area contributed by atoms with E-state index in [-0.39, 0.29) is 0 Å². The van der Waals surface area contributed by atoms with E-state index in [0.717, 1.165) is 36.0 Å². The lowest BCUT2D eigenvalue weighted by molar-refractivity contribution is 0.697. The molecule has 0 atom stereocenters. The third kappa shape index (κ3) is 3.15. The molecule has 1 saturated carbocycles. The first-order chi connectivity index (χ1) is 9.21. The van der Waals surface area contributed by atoms with Crippen molar-refractivity contribution < 1.29 is 0 Å². The molecule has 1 heterocycles. The maximum absolute atomic E-state index is 5.58. The summed E-state index contributed by atoms with van der Waals surface area (Å²) in [6, 6.07) is 0.662. The van der Waals surface area contributed by atoms with Crippen LogP contribution in [-0.4, -0.2) is 22.6 Å². The highest BCUT2D eigenvalue weighted by Gasteiger charge is 2.31. The van der Waals surface area contributed by atoms with Gasteiger partial charge in [-0.3, -0.25) is 0 Å². The van der Waals surface area contributed by atoms with Crippen LogP contribution in [0.2, 0.25) is 0 Å². The fourth-order valence-corrected chi connectivity index (χ4v) is 2.30. The van der Waals surface area contributed by atoms with Gasteiger partial charge in [0.15, 0.2) is 0 Å². The van der Waals surface area contributed by atoms with Gasteiger partial charge >= 0.3 is 0 Å². The van der Waals surface area contributed by atoms with Crippen LogP contribution in [-0.2, 0) is 6.42 Å². The molecule has 2 rings (SSSR count). The molecule has 0 radical (unpaired) electrons. The van der Waals surface area contributed by atoms with Gasteiger partial charge in [0.25, 0.3) is 0 Å². The highest BCUT2D eigenvalue weighted by atomic mass is 15.3. The first-order valence-electron chi connectivity index (χ1n) is 7.32. The molecule has 0 spiro atoms. The molecule has 0 unspecified atom stereocenters. The van der Waals surface area contributed by atoms with Crippen LogP contribution in [0.15, 0.2) is 0 Å². The Bertz CT molecular complexity index is 428. The molecule has 5 heteroatoms. The topological polar surface area (TPSA) is 67.1 Å². The Kier molecular flexibility index (Phi) is 4.58. The van der Waals surface area contributed by atoms with E-state index in [1.807, 2.05) is 6.92 Å². The molecule has 0 aromatic carbocycles. The lowest BCUT2D eigenvalue weighted by atomic mass is 10.2. The number of aromatic nitrogens is 2. The quantitative estimate of drug-likeness (QED) is 0.584. The zero-order chi connectivity index (χ0) is 13.8. The van der Waals surface area contributed by atoms with Crippen molar-refractivity contribution in [1.82, 2.24) is 9.97 Å². The Balaban J connectivity index is 2.33. The van der Waals surface area contributed by atoms with Crippen molar-refractivity contribution in [1.29, 1.82) is 0 Å². The van der Waals surface area contributed by atoms with E-state index >= 15 is 0 Å². The molecule has 0 bridgehead atoms. The SMILES string of the molecule is CCCCN(c1nc(CC)nc(NN)c1C)C1CC1. The van der Waals surface area contributed by atoms with Crippen molar-refractivity contribution in [2.75, 3.05) is 16.9 Å². The van der Waals surface area contributed by atoms with Crippen LogP contribution in [0.25, 0.3) is 0 Å². The van der Waals surface area contributed by atoms with Crippen LogP contribution >= 0.6 is 0 Å². The lowest BCUT2D eigenvalue weighted by Crippen LogP contribution is -2.29. The number of nitrogens with zero attached hydrogens (tertiary/aromatic N) is 3. The van der Waals surface area contributed by atoms with E-state index in [4.69, 9.17) is 10.8 Å². The molecule has 0 saturated heterocycles. The number of rotatable bonds is 7. The molecular weight excluding hydrogens is 238 g/mol. The van der Waals surface area contributed by atoms with Crippen molar-refractivity contribution >= 4 is 11.6 Å². The summed E-state index contributed by atoms with van der Waals surface area (Å²) in [7, 11) is 0. The fraction of sp³-hybridized carbons (Fsp3) is 0.714. The Morgan fingerprint density at radius 3 is 2.58 bits per heavy atom. The number of anilines is 2. The molecule has 19 heavy (non-hydrogen) atoms. The Morgan fingerprint density at radius 1 is 1.32 bits per heavy atom. The van der Waals surface area contributed by atoms with Gasteiger partial charge in [-0.15, -0.1) is 0 Å². The standard InChI is InChI=1S/C14H25N5/c1-4-6-9-19(11-7-8-11)14-10(3)13(18-15)16-12(5-2)17-14/h11H,4-9,15H2,1-3H3,(H,16,17,18). The van der Waals surface area contributed by atoms with Crippen molar-refractivity contribution in [2.45, 2.75) is 58.9 Å². The minimum absolute atomic E-state index is 0.662. The van der Waals surface area contributed by atoms with E-state index in [1.54, 1.807) is 0 Å². The molecule has 0 amide bonds. The van der Waals surface area contributed by atoms with Gasteiger partial charge in [-0.25, -0.2) is 15.8 Å². The van der Waals surface area contributed by atoms with Gasteiger partial charge in [-0.05, 0) is 26.2 Å². The summed E-state index contributed by atoms with van der Waals surface area (Å²) < 4.78 is 0. The van der Waals surface area contributed by atoms with Crippen LogP contribution in [0, 0.1) is 6.92 Å². The number of hydrogen-bond acceptors (Lipinski definition) is 5. The number of nitrogen functional groups attached to an aromatic ring is 1. The van der Waals surface area contributed by atoms with Crippen LogP contribution in [0.1, 0.15) is 50.9 Å². The van der Waals surface area contributed by atoms with Gasteiger partial charge in [0, 0.05) is 24.6 Å². The van der Waals surface area contributed by atoms with Crippen LogP contribution in [0.4, 0.5) is 11.6 Å². The normalized spacial score (nSPS) is 14.5. The largest absolute Gasteiger partial charge is 0.353 e. The van der Waals surface area contributed by atoms with Crippen molar-refractivity contribution in [3.63, 3.8) is 0 Å². The number of hydrazine groups is 1. The smallest absolute Gasteiger partial charge is 0.148 e. The maximum atomic E-state index is 5.58. The average Bonchev–Trinajstić information content (AvgIpc) is 3.25. The van der Waals surface area contributed by atoms with E-state index in [2.05, 4.69) is 29.2 Å². The number of aryl methyl sites for hydroxylation is 1. The van der Waals surface area contributed by atoms with Gasteiger partial charge in [0.05, 0.1) is 0 Å². The van der Waals surface area contributed by atoms with Crippen LogP contribution in [0.5, 0.6) is 0 Å². The van der Waals surface area contributed by atoms with E-state index in [9.17, 15) is 0 Å². The third-order valence-electron chi connectivity index (χ3n) is 3.63. The third-order valence-corrected chi connectivity index (χ3v) is 3.63. The monoisotopic (exact) mass is 263 g/mol. The fourth-order valence-electron chi connectivity index (χ4n) is 2.30. The van der Waals surface area contributed by atoms with Gasteiger partial charge in [-0.1, -0.05) is 20.3 Å². The van der Waals surface area contributed by atoms with E-state index in [0.29, 0.717) is 6.04 Å². The first-order valence-corrected chi connectivity index (χ1v) is 7.32. The van der Waals surface area contributed by atoms with Crippen molar-refractivity contribution in [3.05, 3.63) is 11.4 Å². The number of nitrogens with two attached hydrogens (primary N) is 1. The molecule has 1 fully saturated rings. The lowest BCUT2D eigenvalue weighted by Gasteiger charge is -2.26. The summed E-state index contributed by atoms with van der Waals surface area (Å²) in [5.74, 6) is 8.25. The van der Waals surface area contributed by atoms with Gasteiger partial charge in [0.1, 0.15) is 17.5 Å². The first kappa shape index (κ1) is 14.1. The number of nitrogens with one attached hydrogen (secondary N) is 1. The molecule has 1 aliphatic rings. The van der Waals surface area contributed by atoms with E-state index in [1.165, 1.54) is 25.7 Å². The molecule has 5 nitrogen and oxygen atoms in total. The Labute approximate surface area is 115 Å². The highest BCUT2D eigenvalue weighted by molar-refractivity contribution is 5.59. The molecule has 0 aliphatic heterocycles. The van der Waals surface area contributed by atoms with Crippen LogP contribution in [0.3, 0.4) is 0 Å². The molecule has 1 aliphatic carbocycles. The second-order valence-corrected chi connectivity index (χ2v) is 5.21. The van der Waals surface area contributed by atoms with Crippen LogP contribution < -0.4 is 16.2 Å². The number of unbranched alkanes of at least 4 members (excludes halogenated alkanes) is 1. The predicted octanol–water partition coefficient (Wildman–Crippen LogP) is 2.40. The summed E-state index contributed by atoms with van der Waals surface area (Å²) in [6.07, 6.45) is 5.79. The summed E-state index contributed by atoms with van der Waals surface area (Å²) in [4.78, 5) is 11.6. The Morgan fingerprint density at radius 2 is 2.05 bits per heavy atom. The number of hydrogen-bond donors (Lipinski definition) is 2. The molecular formula is C14H25N5. The zero-order valence-electron chi connectivity index (χ0n) is 12.2. The summed E-state index contributed by atoms with van der Waals surface area (Å²) in [5.41, 5.74) is 3.76. The minimum Gasteiger partial charge on any atom is -0.353 e. The summed E-state index contributed by atoms with van der Waals surface area (Å²) in [5, 5.41) is 0. The highest BCUT2D eigenvalue weighted by Crippen LogP contribution is 2.34. The Hall–Kier alpha value is -1.36. The predicted molar refractivity (Wildman–Crippen MR) is 79.2 cm³/mol. The molecule has 1 aromatic rings. The second-order valence-electron chi connectivity index (χ2n) is 5.21. The summed E-state index contributed by atoms with van der Waals surface area (Å²) >= 11 is 0. The van der Waals surface area contributed by atoms with Crippen molar-refractivity contribution in [2.24, 2.45) is 5.84 Å². The zero-order valence-corrected chi connectivity index (χ0v) is 12.2. The van der Waals surface area contributed by atoms with Gasteiger partial charge in [-0.2, -0.15) is 0 Å². The average molecular weight is 263 g/mol. The minimum atomic E-state index is 0.662.